The molecule has 0 aliphatic carbocycles. The first-order valence-electron chi connectivity index (χ1n) is 8.94. The molecule has 0 fully saturated rings. The van der Waals surface area contributed by atoms with Crippen molar-refractivity contribution in [3.63, 3.8) is 0 Å². The fourth-order valence-electron chi connectivity index (χ4n) is 3.10. The van der Waals surface area contributed by atoms with E-state index in [0.717, 1.165) is 22.4 Å². The lowest BCUT2D eigenvalue weighted by molar-refractivity contribution is -0.115. The minimum absolute atomic E-state index is 0.0788. The average molecular weight is 379 g/mol. The van der Waals surface area contributed by atoms with E-state index >= 15 is 0 Å². The fraction of sp³-hybridized carbons (Fsp3) is 0.174. The molecule has 0 radical (unpaired) electrons. The van der Waals surface area contributed by atoms with Gasteiger partial charge in [0.1, 0.15) is 0 Å². The van der Waals surface area contributed by atoms with E-state index in [-0.39, 0.29) is 18.5 Å². The highest BCUT2D eigenvalue weighted by atomic mass is 35.5. The summed E-state index contributed by atoms with van der Waals surface area (Å²) in [7, 11) is 0. The lowest BCUT2D eigenvalue weighted by atomic mass is 9.99. The van der Waals surface area contributed by atoms with Gasteiger partial charge in [-0.2, -0.15) is 0 Å². The Morgan fingerprint density at radius 1 is 0.926 bits per heavy atom. The predicted molar refractivity (Wildman–Crippen MR) is 112 cm³/mol. The topological polar surface area (TPSA) is 41.1 Å². The van der Waals surface area contributed by atoms with Crippen LogP contribution in [0.2, 0.25) is 5.02 Å². The maximum atomic E-state index is 12.5. The second-order valence-electron chi connectivity index (χ2n) is 6.65. The van der Waals surface area contributed by atoms with Crippen molar-refractivity contribution >= 4 is 23.2 Å². The molecule has 3 aromatic carbocycles. The number of anilines is 1. The number of nitrogens with one attached hydrogen (secondary N) is 2. The quantitative estimate of drug-likeness (QED) is 0.613. The molecule has 2 N–H and O–H groups in total. The van der Waals surface area contributed by atoms with Crippen LogP contribution in [0.15, 0.2) is 72.8 Å². The first-order valence-corrected chi connectivity index (χ1v) is 9.31. The van der Waals surface area contributed by atoms with Gasteiger partial charge in [-0.25, -0.2) is 0 Å². The van der Waals surface area contributed by atoms with E-state index in [0.29, 0.717) is 5.02 Å². The highest BCUT2D eigenvalue weighted by molar-refractivity contribution is 6.30. The third-order valence-electron chi connectivity index (χ3n) is 4.44. The molecule has 0 aliphatic heterocycles. The molecule has 0 saturated heterocycles. The zero-order valence-corrected chi connectivity index (χ0v) is 16.3. The van der Waals surface area contributed by atoms with Crippen molar-refractivity contribution in [2.45, 2.75) is 19.9 Å². The van der Waals surface area contributed by atoms with Gasteiger partial charge in [0.05, 0.1) is 12.6 Å². The van der Waals surface area contributed by atoms with Gasteiger partial charge in [-0.1, -0.05) is 71.8 Å². The number of aryl methyl sites for hydroxylation is 2. The van der Waals surface area contributed by atoms with E-state index in [1.807, 2.05) is 80.6 Å². The van der Waals surface area contributed by atoms with E-state index in [1.165, 1.54) is 5.56 Å². The molecule has 0 spiro atoms. The smallest absolute Gasteiger partial charge is 0.238 e. The van der Waals surface area contributed by atoms with Gasteiger partial charge in [0.15, 0.2) is 0 Å². The number of carbonyl (C=O) groups is 1. The van der Waals surface area contributed by atoms with Gasteiger partial charge in [-0.3, -0.25) is 10.1 Å². The number of hydrogen-bond acceptors (Lipinski definition) is 2. The lowest BCUT2D eigenvalue weighted by Gasteiger charge is -2.20. The molecule has 1 unspecified atom stereocenters. The Kier molecular flexibility index (Phi) is 6.28. The number of carbonyl (C=O) groups excluding carboxylic acids is 1. The summed E-state index contributed by atoms with van der Waals surface area (Å²) in [5.74, 6) is -0.0788. The molecule has 3 aromatic rings. The molecule has 1 amide bonds. The maximum absolute atomic E-state index is 12.5. The number of amides is 1. The third kappa shape index (κ3) is 5.19. The first-order chi connectivity index (χ1) is 13.0. The summed E-state index contributed by atoms with van der Waals surface area (Å²) in [5.41, 5.74) is 5.17. The Labute approximate surface area is 165 Å². The van der Waals surface area contributed by atoms with Crippen molar-refractivity contribution in [3.8, 4) is 0 Å². The fourth-order valence-corrected chi connectivity index (χ4v) is 3.30. The van der Waals surface area contributed by atoms with Crippen molar-refractivity contribution in [1.29, 1.82) is 0 Å². The van der Waals surface area contributed by atoms with Crippen molar-refractivity contribution < 1.29 is 4.79 Å². The first kappa shape index (κ1) is 19.2. The van der Waals surface area contributed by atoms with Crippen molar-refractivity contribution in [3.05, 3.63) is 100 Å². The predicted octanol–water partition coefficient (Wildman–Crippen LogP) is 5.27. The van der Waals surface area contributed by atoms with E-state index < -0.39 is 0 Å². The zero-order chi connectivity index (χ0) is 19.2. The summed E-state index contributed by atoms with van der Waals surface area (Å²) in [6.07, 6.45) is 0. The molecule has 27 heavy (non-hydrogen) atoms. The van der Waals surface area contributed by atoms with E-state index in [9.17, 15) is 4.79 Å². The van der Waals surface area contributed by atoms with Crippen LogP contribution in [0.3, 0.4) is 0 Å². The van der Waals surface area contributed by atoms with Crippen LogP contribution in [-0.2, 0) is 4.79 Å². The minimum atomic E-state index is -0.116. The van der Waals surface area contributed by atoms with Gasteiger partial charge in [-0.15, -0.1) is 0 Å². The zero-order valence-electron chi connectivity index (χ0n) is 15.5. The van der Waals surface area contributed by atoms with Crippen LogP contribution in [0.5, 0.6) is 0 Å². The molecule has 1 atom stereocenters. The van der Waals surface area contributed by atoms with Crippen LogP contribution < -0.4 is 10.6 Å². The van der Waals surface area contributed by atoms with Gasteiger partial charge >= 0.3 is 0 Å². The standard InChI is InChI=1S/C23H23ClN2O/c1-16-11-12-21(17(2)13-16)26-22(27)15-25-23(18-7-4-3-5-8-18)19-9-6-10-20(24)14-19/h3-14,23,25H,15H2,1-2H3,(H,26,27). The Balaban J connectivity index is 1.74. The highest BCUT2D eigenvalue weighted by Gasteiger charge is 2.15. The molecule has 138 valence electrons. The summed E-state index contributed by atoms with van der Waals surface area (Å²) < 4.78 is 0. The molecular weight excluding hydrogens is 356 g/mol. The van der Waals surface area contributed by atoms with Gasteiger partial charge in [0.25, 0.3) is 0 Å². The van der Waals surface area contributed by atoms with Crippen molar-refractivity contribution in [1.82, 2.24) is 5.32 Å². The molecule has 0 saturated carbocycles. The SMILES string of the molecule is Cc1ccc(NC(=O)CNC(c2ccccc2)c2cccc(Cl)c2)c(C)c1. The van der Waals surface area contributed by atoms with E-state index in [1.54, 1.807) is 0 Å². The minimum Gasteiger partial charge on any atom is -0.325 e. The number of halogens is 1. The Morgan fingerprint density at radius 2 is 1.67 bits per heavy atom. The average Bonchev–Trinajstić information content (AvgIpc) is 2.65. The maximum Gasteiger partial charge on any atom is 0.238 e. The Hall–Kier alpha value is -2.62. The summed E-state index contributed by atoms with van der Waals surface area (Å²) in [5, 5.41) is 7.02. The largest absolute Gasteiger partial charge is 0.325 e. The van der Waals surface area contributed by atoms with Gasteiger partial charge in [-0.05, 0) is 48.7 Å². The van der Waals surface area contributed by atoms with Crippen LogP contribution in [-0.4, -0.2) is 12.5 Å². The molecular formula is C23H23ClN2O. The van der Waals surface area contributed by atoms with Gasteiger partial charge < -0.3 is 5.32 Å². The van der Waals surface area contributed by atoms with Crippen LogP contribution in [0, 0.1) is 13.8 Å². The normalized spacial score (nSPS) is 11.8. The molecule has 4 heteroatoms. The lowest BCUT2D eigenvalue weighted by Crippen LogP contribution is -2.32. The van der Waals surface area contributed by atoms with Crippen molar-refractivity contribution in [2.24, 2.45) is 0 Å². The third-order valence-corrected chi connectivity index (χ3v) is 4.67. The Bertz CT molecular complexity index is 925. The summed E-state index contributed by atoms with van der Waals surface area (Å²) in [6.45, 7) is 4.23. The molecule has 3 nitrogen and oxygen atoms in total. The Morgan fingerprint density at radius 3 is 2.37 bits per heavy atom. The van der Waals surface area contributed by atoms with Crippen LogP contribution in [0.4, 0.5) is 5.69 Å². The van der Waals surface area contributed by atoms with E-state index in [4.69, 9.17) is 11.6 Å². The van der Waals surface area contributed by atoms with Crippen molar-refractivity contribution in [2.75, 3.05) is 11.9 Å². The molecule has 0 bridgehead atoms. The highest BCUT2D eigenvalue weighted by Crippen LogP contribution is 2.24. The van der Waals surface area contributed by atoms with Crippen LogP contribution >= 0.6 is 11.6 Å². The second-order valence-corrected chi connectivity index (χ2v) is 7.08. The molecule has 0 aliphatic rings. The van der Waals surface area contributed by atoms with Crippen LogP contribution in [0.1, 0.15) is 28.3 Å². The second kappa shape index (κ2) is 8.85. The number of benzene rings is 3. The summed E-state index contributed by atoms with van der Waals surface area (Å²) >= 11 is 6.17. The van der Waals surface area contributed by atoms with Gasteiger partial charge in [0, 0.05) is 10.7 Å². The molecule has 0 aromatic heterocycles. The number of hydrogen-bond donors (Lipinski definition) is 2. The number of rotatable bonds is 6. The molecule has 0 heterocycles. The monoisotopic (exact) mass is 378 g/mol. The van der Waals surface area contributed by atoms with Gasteiger partial charge in [0.2, 0.25) is 5.91 Å². The van der Waals surface area contributed by atoms with Crippen LogP contribution in [0.25, 0.3) is 0 Å². The summed E-state index contributed by atoms with van der Waals surface area (Å²) in [4.78, 5) is 12.5. The van der Waals surface area contributed by atoms with E-state index in [2.05, 4.69) is 16.7 Å². The molecule has 3 rings (SSSR count). The summed E-state index contributed by atoms with van der Waals surface area (Å²) in [6, 6.07) is 23.6.